The van der Waals surface area contributed by atoms with Gasteiger partial charge in [0.05, 0.1) is 6.61 Å². The fourth-order valence-corrected chi connectivity index (χ4v) is 2.44. The third kappa shape index (κ3) is 1.46. The molecular weight excluding hydrogens is 240 g/mol. The summed E-state index contributed by atoms with van der Waals surface area (Å²) in [6.45, 7) is 7.41. The molecule has 0 saturated carbocycles. The second-order valence-electron chi connectivity index (χ2n) is 4.13. The molecule has 0 aliphatic carbocycles. The molecule has 0 aromatic heterocycles. The molecule has 1 heterocycles. The minimum atomic E-state index is 0.527. The zero-order valence-electron chi connectivity index (χ0n) is 8.86. The molecule has 0 spiro atoms. The fourth-order valence-electron chi connectivity index (χ4n) is 1.95. The topological polar surface area (TPSA) is 9.23 Å². The van der Waals surface area contributed by atoms with Crippen molar-refractivity contribution in [2.24, 2.45) is 0 Å². The van der Waals surface area contributed by atoms with Crippen LogP contribution >= 0.6 is 15.9 Å². The Hall–Kier alpha value is -0.500. The molecule has 2 heteroatoms. The van der Waals surface area contributed by atoms with Crippen molar-refractivity contribution in [1.29, 1.82) is 0 Å². The number of fused-ring (bicyclic) bond motifs is 1. The summed E-state index contributed by atoms with van der Waals surface area (Å²) >= 11 is 3.61. The van der Waals surface area contributed by atoms with Crippen LogP contribution in [0.5, 0.6) is 5.75 Å². The average molecular weight is 255 g/mol. The van der Waals surface area contributed by atoms with Gasteiger partial charge in [-0.15, -0.1) is 0 Å². The highest BCUT2D eigenvalue weighted by Crippen LogP contribution is 2.39. The highest BCUT2D eigenvalue weighted by molar-refractivity contribution is 9.10. The van der Waals surface area contributed by atoms with E-state index in [2.05, 4.69) is 42.8 Å². The Morgan fingerprint density at radius 1 is 1.43 bits per heavy atom. The molecule has 1 nitrogen and oxygen atoms in total. The smallest absolute Gasteiger partial charge is 0.126 e. The summed E-state index contributed by atoms with van der Waals surface area (Å²) in [5, 5.41) is 0. The van der Waals surface area contributed by atoms with E-state index in [1.165, 1.54) is 21.2 Å². The van der Waals surface area contributed by atoms with Gasteiger partial charge in [0.15, 0.2) is 0 Å². The first-order valence-corrected chi connectivity index (χ1v) is 5.85. The van der Waals surface area contributed by atoms with E-state index in [9.17, 15) is 0 Å². The van der Waals surface area contributed by atoms with E-state index in [1.54, 1.807) is 0 Å². The summed E-state index contributed by atoms with van der Waals surface area (Å²) in [6, 6.07) is 2.20. The molecule has 1 aliphatic heterocycles. The summed E-state index contributed by atoms with van der Waals surface area (Å²) in [5.74, 6) is 1.67. The molecule has 1 aromatic carbocycles. The van der Waals surface area contributed by atoms with Crippen LogP contribution in [0.2, 0.25) is 0 Å². The predicted octanol–water partition coefficient (Wildman–Crippen LogP) is 3.82. The Morgan fingerprint density at radius 3 is 2.79 bits per heavy atom. The summed E-state index contributed by atoms with van der Waals surface area (Å²) < 4.78 is 6.92. The van der Waals surface area contributed by atoms with E-state index in [-0.39, 0.29) is 0 Å². The van der Waals surface area contributed by atoms with Crippen LogP contribution in [0, 0.1) is 6.92 Å². The van der Waals surface area contributed by atoms with E-state index in [1.807, 2.05) is 0 Å². The van der Waals surface area contributed by atoms with Gasteiger partial charge in [-0.2, -0.15) is 0 Å². The first-order valence-electron chi connectivity index (χ1n) is 5.06. The van der Waals surface area contributed by atoms with Gasteiger partial charge in [-0.3, -0.25) is 0 Å². The van der Waals surface area contributed by atoms with Gasteiger partial charge < -0.3 is 4.74 Å². The molecule has 1 aliphatic rings. The maximum Gasteiger partial charge on any atom is 0.126 e. The monoisotopic (exact) mass is 254 g/mol. The lowest BCUT2D eigenvalue weighted by Crippen LogP contribution is -1.95. The van der Waals surface area contributed by atoms with Crippen LogP contribution in [0.4, 0.5) is 0 Å². The Kier molecular flexibility index (Phi) is 2.56. The van der Waals surface area contributed by atoms with Crippen LogP contribution < -0.4 is 4.74 Å². The molecular formula is C12H15BrO. The highest BCUT2D eigenvalue weighted by atomic mass is 79.9. The third-order valence-corrected chi connectivity index (χ3v) is 3.67. The first-order chi connectivity index (χ1) is 6.61. The summed E-state index contributed by atoms with van der Waals surface area (Å²) in [7, 11) is 0. The van der Waals surface area contributed by atoms with Crippen molar-refractivity contribution in [2.45, 2.75) is 33.1 Å². The number of halogens is 1. The minimum Gasteiger partial charge on any atom is -0.493 e. The van der Waals surface area contributed by atoms with Crippen LogP contribution in [-0.4, -0.2) is 6.61 Å². The molecule has 0 bridgehead atoms. The number of hydrogen-bond acceptors (Lipinski definition) is 1. The van der Waals surface area contributed by atoms with Crippen molar-refractivity contribution >= 4 is 15.9 Å². The van der Waals surface area contributed by atoms with E-state index in [0.717, 1.165) is 18.8 Å². The maximum atomic E-state index is 5.71. The van der Waals surface area contributed by atoms with Gasteiger partial charge in [0.2, 0.25) is 0 Å². The van der Waals surface area contributed by atoms with E-state index >= 15 is 0 Å². The summed E-state index contributed by atoms with van der Waals surface area (Å²) in [5.41, 5.74) is 4.06. The molecule has 0 saturated heterocycles. The Morgan fingerprint density at radius 2 is 2.14 bits per heavy atom. The molecule has 0 atom stereocenters. The molecule has 14 heavy (non-hydrogen) atoms. The van der Waals surface area contributed by atoms with Crippen molar-refractivity contribution < 1.29 is 4.74 Å². The Balaban J connectivity index is 2.64. The highest BCUT2D eigenvalue weighted by Gasteiger charge is 2.21. The molecule has 0 unspecified atom stereocenters. The van der Waals surface area contributed by atoms with Gasteiger partial charge in [0, 0.05) is 16.5 Å². The fraction of sp³-hybridized carbons (Fsp3) is 0.500. The van der Waals surface area contributed by atoms with Crippen LogP contribution in [0.1, 0.15) is 36.5 Å². The van der Waals surface area contributed by atoms with E-state index < -0.39 is 0 Å². The lowest BCUT2D eigenvalue weighted by atomic mass is 9.96. The van der Waals surface area contributed by atoms with Crippen molar-refractivity contribution in [3.05, 3.63) is 27.2 Å². The maximum absolute atomic E-state index is 5.71. The number of benzene rings is 1. The molecule has 0 amide bonds. The van der Waals surface area contributed by atoms with Crippen LogP contribution in [0.15, 0.2) is 10.5 Å². The molecule has 2 rings (SSSR count). The van der Waals surface area contributed by atoms with Gasteiger partial charge in [-0.1, -0.05) is 29.8 Å². The van der Waals surface area contributed by atoms with Crippen molar-refractivity contribution in [3.63, 3.8) is 0 Å². The van der Waals surface area contributed by atoms with Crippen molar-refractivity contribution in [1.82, 2.24) is 0 Å². The summed E-state index contributed by atoms with van der Waals surface area (Å²) in [4.78, 5) is 0. The van der Waals surface area contributed by atoms with Gasteiger partial charge in [-0.25, -0.2) is 0 Å². The zero-order valence-corrected chi connectivity index (χ0v) is 10.4. The summed E-state index contributed by atoms with van der Waals surface area (Å²) in [6.07, 6.45) is 1.06. The Bertz CT molecular complexity index is 369. The van der Waals surface area contributed by atoms with Gasteiger partial charge in [-0.05, 0) is 30.0 Å². The average Bonchev–Trinajstić information content (AvgIpc) is 2.59. The molecule has 0 fully saturated rings. The second kappa shape index (κ2) is 3.58. The van der Waals surface area contributed by atoms with Gasteiger partial charge >= 0.3 is 0 Å². The van der Waals surface area contributed by atoms with Gasteiger partial charge in [0.25, 0.3) is 0 Å². The number of ether oxygens (including phenoxy) is 1. The largest absolute Gasteiger partial charge is 0.493 e. The van der Waals surface area contributed by atoms with Crippen molar-refractivity contribution in [2.75, 3.05) is 6.61 Å². The van der Waals surface area contributed by atoms with Crippen LogP contribution in [0.3, 0.4) is 0 Å². The van der Waals surface area contributed by atoms with Crippen LogP contribution in [-0.2, 0) is 6.42 Å². The quantitative estimate of drug-likeness (QED) is 0.741. The lowest BCUT2D eigenvalue weighted by Gasteiger charge is -2.14. The number of hydrogen-bond donors (Lipinski definition) is 0. The third-order valence-electron chi connectivity index (χ3n) is 2.85. The van der Waals surface area contributed by atoms with E-state index in [4.69, 9.17) is 4.74 Å². The molecule has 1 aromatic rings. The Labute approximate surface area is 93.6 Å². The predicted molar refractivity (Wildman–Crippen MR) is 62.2 cm³/mol. The molecule has 76 valence electrons. The first kappa shape index (κ1) is 10.0. The van der Waals surface area contributed by atoms with Crippen LogP contribution in [0.25, 0.3) is 0 Å². The number of rotatable bonds is 1. The second-order valence-corrected chi connectivity index (χ2v) is 4.99. The van der Waals surface area contributed by atoms with E-state index in [0.29, 0.717) is 5.92 Å². The standard InChI is InChI=1S/C12H15BrO/c1-7(2)10-6-11(13)8(3)9-4-5-14-12(9)10/h6-7H,4-5H2,1-3H3. The zero-order chi connectivity index (χ0) is 10.3. The normalized spacial score (nSPS) is 14.4. The molecule has 0 radical (unpaired) electrons. The lowest BCUT2D eigenvalue weighted by molar-refractivity contribution is 0.352. The SMILES string of the molecule is Cc1c(Br)cc(C(C)C)c2c1CCO2. The minimum absolute atomic E-state index is 0.527. The van der Waals surface area contributed by atoms with Crippen molar-refractivity contribution in [3.8, 4) is 5.75 Å². The van der Waals surface area contributed by atoms with Gasteiger partial charge in [0.1, 0.15) is 5.75 Å². The molecule has 0 N–H and O–H groups in total.